The zero-order chi connectivity index (χ0) is 19.9. The highest BCUT2D eigenvalue weighted by Gasteiger charge is 2.19. The van der Waals surface area contributed by atoms with E-state index in [2.05, 4.69) is 10.3 Å². The summed E-state index contributed by atoms with van der Waals surface area (Å²) < 4.78 is 6.75. The Hall–Kier alpha value is -2.64. The van der Waals surface area contributed by atoms with Gasteiger partial charge in [0.1, 0.15) is 0 Å². The molecule has 0 fully saturated rings. The molecule has 1 heterocycles. The van der Waals surface area contributed by atoms with Gasteiger partial charge in [0.15, 0.2) is 5.16 Å². The Morgan fingerprint density at radius 1 is 1.18 bits per heavy atom. The molecule has 3 rings (SSSR count). The number of nitrogens with zero attached hydrogens (tertiary/aromatic N) is 2. The molecule has 0 aliphatic carbocycles. The lowest BCUT2D eigenvalue weighted by molar-refractivity contribution is -0.115. The van der Waals surface area contributed by atoms with Crippen LogP contribution in [0.25, 0.3) is 10.9 Å². The van der Waals surface area contributed by atoms with E-state index in [1.807, 2.05) is 55.5 Å². The number of rotatable bonds is 8. The van der Waals surface area contributed by atoms with Crippen LogP contribution in [-0.4, -0.2) is 34.4 Å². The summed E-state index contributed by atoms with van der Waals surface area (Å²) in [4.78, 5) is 30.2. The first-order valence-electron chi connectivity index (χ1n) is 9.11. The largest absolute Gasteiger partial charge is 0.385 e. The van der Waals surface area contributed by atoms with Crippen molar-refractivity contribution >= 4 is 34.3 Å². The molecule has 0 spiro atoms. The highest BCUT2D eigenvalue weighted by atomic mass is 32.2. The second-order valence-corrected chi connectivity index (χ2v) is 7.64. The van der Waals surface area contributed by atoms with E-state index >= 15 is 0 Å². The van der Waals surface area contributed by atoms with Gasteiger partial charge in [-0.25, -0.2) is 4.98 Å². The van der Waals surface area contributed by atoms with Crippen LogP contribution in [-0.2, 0) is 16.1 Å². The van der Waals surface area contributed by atoms with Gasteiger partial charge < -0.3 is 10.1 Å². The number of fused-ring (bicyclic) bond motifs is 1. The van der Waals surface area contributed by atoms with Crippen LogP contribution in [0, 0.1) is 0 Å². The Bertz CT molecular complexity index is 1000. The third-order valence-corrected chi connectivity index (χ3v) is 5.34. The van der Waals surface area contributed by atoms with Crippen LogP contribution < -0.4 is 10.9 Å². The minimum absolute atomic E-state index is 0.0973. The maximum atomic E-state index is 13.0. The lowest BCUT2D eigenvalue weighted by Gasteiger charge is -2.16. The van der Waals surface area contributed by atoms with E-state index in [9.17, 15) is 9.59 Å². The first-order valence-corrected chi connectivity index (χ1v) is 9.99. The van der Waals surface area contributed by atoms with Crippen molar-refractivity contribution in [2.24, 2.45) is 0 Å². The van der Waals surface area contributed by atoms with Crippen LogP contribution in [0.1, 0.15) is 13.3 Å². The van der Waals surface area contributed by atoms with Crippen LogP contribution in [0.15, 0.2) is 64.5 Å². The van der Waals surface area contributed by atoms with Gasteiger partial charge in [-0.1, -0.05) is 42.1 Å². The summed E-state index contributed by atoms with van der Waals surface area (Å²) in [6.45, 7) is 2.84. The SMILES string of the molecule is COCCCn1c(S[C@@H](C)C(=O)Nc2ccccc2)nc2ccccc2c1=O. The highest BCUT2D eigenvalue weighted by Crippen LogP contribution is 2.24. The lowest BCUT2D eigenvalue weighted by atomic mass is 10.2. The predicted molar refractivity (Wildman–Crippen MR) is 113 cm³/mol. The molecule has 0 unspecified atom stereocenters. The summed E-state index contributed by atoms with van der Waals surface area (Å²) in [5.74, 6) is -0.137. The molecule has 0 bridgehead atoms. The van der Waals surface area contributed by atoms with Crippen LogP contribution in [0.4, 0.5) is 5.69 Å². The van der Waals surface area contributed by atoms with Gasteiger partial charge in [-0.3, -0.25) is 14.2 Å². The number of para-hydroxylation sites is 2. The average molecular weight is 398 g/mol. The zero-order valence-corrected chi connectivity index (χ0v) is 16.7. The number of ether oxygens (including phenoxy) is 1. The fourth-order valence-corrected chi connectivity index (χ4v) is 3.71. The van der Waals surface area contributed by atoms with Gasteiger partial charge in [0.2, 0.25) is 5.91 Å². The molecule has 0 aliphatic heterocycles. The van der Waals surface area contributed by atoms with E-state index in [0.717, 1.165) is 5.69 Å². The normalized spacial score (nSPS) is 12.1. The number of thioether (sulfide) groups is 1. The molecule has 7 heteroatoms. The molecule has 1 aromatic heterocycles. The minimum Gasteiger partial charge on any atom is -0.385 e. The predicted octanol–water partition coefficient (Wildman–Crippen LogP) is 3.55. The molecule has 0 aliphatic rings. The van der Waals surface area contributed by atoms with Crippen molar-refractivity contribution in [3.8, 4) is 0 Å². The molecule has 1 amide bonds. The summed E-state index contributed by atoms with van der Waals surface area (Å²) in [5, 5.41) is 3.59. The van der Waals surface area contributed by atoms with E-state index in [4.69, 9.17) is 4.74 Å². The minimum atomic E-state index is -0.415. The smallest absolute Gasteiger partial charge is 0.262 e. The third kappa shape index (κ3) is 4.79. The molecule has 2 aromatic carbocycles. The number of nitrogens with one attached hydrogen (secondary N) is 1. The summed E-state index contributed by atoms with van der Waals surface area (Å²) >= 11 is 1.28. The third-order valence-electron chi connectivity index (χ3n) is 4.25. The number of hydrogen-bond donors (Lipinski definition) is 1. The number of hydrogen-bond acceptors (Lipinski definition) is 5. The van der Waals surface area contributed by atoms with Crippen molar-refractivity contribution in [3.63, 3.8) is 0 Å². The van der Waals surface area contributed by atoms with E-state index < -0.39 is 5.25 Å². The summed E-state index contributed by atoms with van der Waals surface area (Å²) in [6.07, 6.45) is 0.689. The quantitative estimate of drug-likeness (QED) is 0.357. The van der Waals surface area contributed by atoms with Crippen molar-refractivity contribution in [1.82, 2.24) is 9.55 Å². The molecule has 0 radical (unpaired) electrons. The van der Waals surface area contributed by atoms with Crippen molar-refractivity contribution in [3.05, 3.63) is 65.0 Å². The van der Waals surface area contributed by atoms with Gasteiger partial charge in [0.25, 0.3) is 5.56 Å². The first kappa shape index (κ1) is 20.1. The Labute approximate surface area is 167 Å². The molecule has 6 nitrogen and oxygen atoms in total. The number of methoxy groups -OCH3 is 1. The van der Waals surface area contributed by atoms with Crippen LogP contribution >= 0.6 is 11.8 Å². The van der Waals surface area contributed by atoms with Crippen LogP contribution in [0.3, 0.4) is 0 Å². The molecule has 146 valence electrons. The first-order chi connectivity index (χ1) is 13.6. The van der Waals surface area contributed by atoms with Gasteiger partial charge in [0.05, 0.1) is 16.2 Å². The van der Waals surface area contributed by atoms with E-state index in [-0.39, 0.29) is 11.5 Å². The molecule has 0 saturated heterocycles. The molecule has 0 saturated carbocycles. The van der Waals surface area contributed by atoms with Gasteiger partial charge in [0, 0.05) is 25.9 Å². The fourth-order valence-electron chi connectivity index (χ4n) is 2.78. The number of carbonyl (C=O) groups is 1. The van der Waals surface area contributed by atoms with Gasteiger partial charge in [-0.2, -0.15) is 0 Å². The molecular formula is C21H23N3O3S. The number of aromatic nitrogens is 2. The number of amides is 1. The van der Waals surface area contributed by atoms with Gasteiger partial charge >= 0.3 is 0 Å². The van der Waals surface area contributed by atoms with Crippen molar-refractivity contribution < 1.29 is 9.53 Å². The van der Waals surface area contributed by atoms with E-state index in [0.29, 0.717) is 35.6 Å². The topological polar surface area (TPSA) is 73.2 Å². The summed E-state index contributed by atoms with van der Waals surface area (Å²) in [6, 6.07) is 16.6. The monoisotopic (exact) mass is 397 g/mol. The maximum absolute atomic E-state index is 13.0. The fraction of sp³-hybridized carbons (Fsp3) is 0.286. The lowest BCUT2D eigenvalue weighted by Crippen LogP contribution is -2.27. The van der Waals surface area contributed by atoms with Crippen molar-refractivity contribution in [1.29, 1.82) is 0 Å². The van der Waals surface area contributed by atoms with Gasteiger partial charge in [-0.15, -0.1) is 0 Å². The second kappa shape index (κ2) is 9.52. The number of carbonyl (C=O) groups excluding carboxylic acids is 1. The maximum Gasteiger partial charge on any atom is 0.262 e. The highest BCUT2D eigenvalue weighted by molar-refractivity contribution is 8.00. The van der Waals surface area contributed by atoms with Crippen LogP contribution in [0.5, 0.6) is 0 Å². The molecule has 3 aromatic rings. The Morgan fingerprint density at radius 3 is 2.64 bits per heavy atom. The van der Waals surface area contributed by atoms with Crippen molar-refractivity contribution in [2.75, 3.05) is 19.0 Å². The van der Waals surface area contributed by atoms with E-state index in [1.54, 1.807) is 17.7 Å². The number of anilines is 1. The molecule has 1 N–H and O–H groups in total. The number of benzene rings is 2. The molecule has 28 heavy (non-hydrogen) atoms. The zero-order valence-electron chi connectivity index (χ0n) is 15.9. The van der Waals surface area contributed by atoms with Gasteiger partial charge in [-0.05, 0) is 37.6 Å². The summed E-state index contributed by atoms with van der Waals surface area (Å²) in [5.41, 5.74) is 1.28. The average Bonchev–Trinajstić information content (AvgIpc) is 2.71. The summed E-state index contributed by atoms with van der Waals surface area (Å²) in [7, 11) is 1.63. The molecule has 1 atom stereocenters. The van der Waals surface area contributed by atoms with Crippen molar-refractivity contribution in [2.45, 2.75) is 30.3 Å². The molecular weight excluding hydrogens is 374 g/mol. The van der Waals surface area contributed by atoms with Crippen LogP contribution in [0.2, 0.25) is 0 Å². The second-order valence-electron chi connectivity index (χ2n) is 6.33. The Morgan fingerprint density at radius 2 is 1.89 bits per heavy atom. The Kier molecular flexibility index (Phi) is 6.84. The Balaban J connectivity index is 1.86. The standard InChI is InChI=1S/C21H23N3O3S/c1-15(19(25)22-16-9-4-3-5-10-16)28-21-23-18-12-7-6-11-17(18)20(26)24(21)13-8-14-27-2/h3-7,9-12,15H,8,13-14H2,1-2H3,(H,22,25)/t15-/m0/s1. The van der Waals surface area contributed by atoms with E-state index in [1.165, 1.54) is 11.8 Å².